The predicted octanol–water partition coefficient (Wildman–Crippen LogP) is 5.78. The molecule has 1 aromatic carbocycles. The Bertz CT molecular complexity index is 1040. The van der Waals surface area contributed by atoms with Gasteiger partial charge in [-0.05, 0) is 41.6 Å². The molecule has 1 amide bonds. The Labute approximate surface area is 216 Å². The first kappa shape index (κ1) is 31.0. The Morgan fingerprint density at radius 3 is 2.50 bits per heavy atom. The topological polar surface area (TPSA) is 110 Å². The van der Waals surface area contributed by atoms with Crippen LogP contribution in [0.25, 0.3) is 0 Å². The van der Waals surface area contributed by atoms with Crippen LogP contribution in [0.1, 0.15) is 63.4 Å². The molecule has 1 atom stereocenters. The minimum absolute atomic E-state index is 0. The standard InChI is InChI=1S/C20H22ClF3N6O.C4H10.CH4/c1-11(2-4-25)18(31)30-5-3-16-15(10-30)17(29-19(21)28-16)27-9-12-6-13(20(22,23)24)8-14(26)7-12;1-3-4-2;/h2,4,6-8,11H,3,5,9-10,25-26H2,1H3,(H,27,28,29);3-4H2,1-2H3;1H4/b4-2-;;. The van der Waals surface area contributed by atoms with Gasteiger partial charge in [-0.2, -0.15) is 13.2 Å². The van der Waals surface area contributed by atoms with Crippen LogP contribution in [0.4, 0.5) is 24.7 Å². The number of carbonyl (C=O) groups excluding carboxylic acids is 1. The van der Waals surface area contributed by atoms with Gasteiger partial charge in [0, 0.05) is 30.8 Å². The van der Waals surface area contributed by atoms with Gasteiger partial charge in [0.25, 0.3) is 0 Å². The summed E-state index contributed by atoms with van der Waals surface area (Å²) in [5, 5.41) is 3.04. The zero-order chi connectivity index (χ0) is 26.2. The number of hydrogen-bond acceptors (Lipinski definition) is 6. The van der Waals surface area contributed by atoms with E-state index < -0.39 is 11.7 Å². The third-order valence-electron chi connectivity index (χ3n) is 5.44. The number of nitrogens with zero attached hydrogens (tertiary/aromatic N) is 3. The molecule has 1 unspecified atom stereocenters. The van der Waals surface area contributed by atoms with Gasteiger partial charge in [-0.3, -0.25) is 4.79 Å². The van der Waals surface area contributed by atoms with Crippen LogP contribution in [-0.2, 0) is 30.5 Å². The molecule has 2 heterocycles. The number of carbonyl (C=O) groups is 1. The van der Waals surface area contributed by atoms with Crippen molar-refractivity contribution in [3.8, 4) is 0 Å². The monoisotopic (exact) mass is 528 g/mol. The number of nitrogens with one attached hydrogen (secondary N) is 1. The number of amides is 1. The fraction of sp³-hybridized carbons (Fsp3) is 0.480. The van der Waals surface area contributed by atoms with E-state index in [0.717, 1.165) is 12.1 Å². The fourth-order valence-corrected chi connectivity index (χ4v) is 3.61. The smallest absolute Gasteiger partial charge is 0.405 e. The molecule has 1 aliphatic heterocycles. The number of rotatable bonds is 6. The Kier molecular flexibility index (Phi) is 12.0. The number of nitrogens with two attached hydrogens (primary N) is 2. The van der Waals surface area contributed by atoms with Crippen molar-refractivity contribution in [3.63, 3.8) is 0 Å². The molecule has 200 valence electrons. The molecule has 0 saturated carbocycles. The van der Waals surface area contributed by atoms with Crippen LogP contribution in [0.2, 0.25) is 5.28 Å². The van der Waals surface area contributed by atoms with Gasteiger partial charge in [0.05, 0.1) is 23.7 Å². The maximum atomic E-state index is 13.1. The molecule has 36 heavy (non-hydrogen) atoms. The van der Waals surface area contributed by atoms with Crippen LogP contribution >= 0.6 is 11.6 Å². The van der Waals surface area contributed by atoms with Crippen LogP contribution < -0.4 is 16.8 Å². The van der Waals surface area contributed by atoms with Gasteiger partial charge in [0.15, 0.2) is 0 Å². The second-order valence-corrected chi connectivity index (χ2v) is 8.60. The van der Waals surface area contributed by atoms with Crippen molar-refractivity contribution < 1.29 is 18.0 Å². The molecule has 5 N–H and O–H groups in total. The van der Waals surface area contributed by atoms with Crippen LogP contribution in [0.3, 0.4) is 0 Å². The highest BCUT2D eigenvalue weighted by Gasteiger charge is 2.31. The first-order valence-corrected chi connectivity index (χ1v) is 11.8. The molecule has 0 fully saturated rings. The summed E-state index contributed by atoms with van der Waals surface area (Å²) in [6.07, 6.45) is 1.55. The number of fused-ring (bicyclic) bond motifs is 1. The molecule has 2 aromatic rings. The first-order chi connectivity index (χ1) is 16.5. The van der Waals surface area contributed by atoms with Crippen molar-refractivity contribution >= 4 is 29.0 Å². The number of hydrogen-bond donors (Lipinski definition) is 3. The molecule has 0 saturated heterocycles. The average Bonchev–Trinajstić information content (AvgIpc) is 2.81. The lowest BCUT2D eigenvalue weighted by atomic mass is 10.0. The SMILES string of the molecule is C.CC(/C=C\N)C(=O)N1CCc2nc(Cl)nc(NCc3cc(N)cc(C(F)(F)F)c3)c2C1.CCCC. The van der Waals surface area contributed by atoms with Gasteiger partial charge in [0.2, 0.25) is 11.2 Å². The van der Waals surface area contributed by atoms with Crippen molar-refractivity contribution in [2.75, 3.05) is 17.6 Å². The number of aromatic nitrogens is 2. The normalized spacial score (nSPS) is 13.8. The molecule has 11 heteroatoms. The lowest BCUT2D eigenvalue weighted by molar-refractivity contribution is -0.137. The molecule has 0 spiro atoms. The van der Waals surface area contributed by atoms with E-state index >= 15 is 0 Å². The highest BCUT2D eigenvalue weighted by atomic mass is 35.5. The van der Waals surface area contributed by atoms with Crippen molar-refractivity contribution in [3.05, 3.63) is 58.1 Å². The molecule has 3 rings (SSSR count). The largest absolute Gasteiger partial charge is 0.416 e. The summed E-state index contributed by atoms with van der Waals surface area (Å²) in [7, 11) is 0. The van der Waals surface area contributed by atoms with E-state index in [1.807, 2.05) is 0 Å². The van der Waals surface area contributed by atoms with Crippen LogP contribution in [0.15, 0.2) is 30.5 Å². The fourth-order valence-electron chi connectivity index (χ4n) is 3.43. The minimum Gasteiger partial charge on any atom is -0.405 e. The number of unbranched alkanes of at least 4 members (excludes halogenated alkanes) is 1. The molecule has 0 radical (unpaired) electrons. The van der Waals surface area contributed by atoms with Crippen LogP contribution in [0, 0.1) is 5.92 Å². The third-order valence-corrected chi connectivity index (χ3v) is 5.61. The maximum Gasteiger partial charge on any atom is 0.416 e. The van der Waals surface area contributed by atoms with E-state index in [1.54, 1.807) is 17.9 Å². The molecule has 0 bridgehead atoms. The Balaban J connectivity index is 0.00000120. The van der Waals surface area contributed by atoms with Gasteiger partial charge in [-0.25, -0.2) is 9.97 Å². The minimum atomic E-state index is -4.50. The summed E-state index contributed by atoms with van der Waals surface area (Å²) >= 11 is 6.03. The Morgan fingerprint density at radius 2 is 1.92 bits per heavy atom. The summed E-state index contributed by atoms with van der Waals surface area (Å²) < 4.78 is 39.2. The summed E-state index contributed by atoms with van der Waals surface area (Å²) in [6, 6.07) is 3.36. The molecular weight excluding hydrogens is 493 g/mol. The Hall–Kier alpha value is -3.01. The number of alkyl halides is 3. The average molecular weight is 529 g/mol. The molecule has 0 aliphatic carbocycles. The van der Waals surface area contributed by atoms with Crippen molar-refractivity contribution in [1.82, 2.24) is 14.9 Å². The number of halogens is 4. The zero-order valence-corrected chi connectivity index (χ0v) is 20.9. The van der Waals surface area contributed by atoms with Crippen molar-refractivity contribution in [1.29, 1.82) is 0 Å². The van der Waals surface area contributed by atoms with Crippen molar-refractivity contribution in [2.45, 2.75) is 66.7 Å². The van der Waals surface area contributed by atoms with E-state index in [1.165, 1.54) is 25.1 Å². The Morgan fingerprint density at radius 1 is 1.25 bits per heavy atom. The van der Waals surface area contributed by atoms with E-state index in [4.69, 9.17) is 23.1 Å². The summed E-state index contributed by atoms with van der Waals surface area (Å²) in [5.74, 6) is -0.117. The van der Waals surface area contributed by atoms with Crippen molar-refractivity contribution in [2.24, 2.45) is 11.7 Å². The third kappa shape index (κ3) is 8.58. The number of anilines is 2. The summed E-state index contributed by atoms with van der Waals surface area (Å²) in [4.78, 5) is 22.7. The molecular formula is C25H36ClF3N6O. The quantitative estimate of drug-likeness (QED) is 0.324. The zero-order valence-electron chi connectivity index (χ0n) is 20.1. The van der Waals surface area contributed by atoms with E-state index in [-0.39, 0.29) is 43.3 Å². The lowest BCUT2D eigenvalue weighted by Gasteiger charge is -2.31. The number of benzene rings is 1. The van der Waals surface area contributed by atoms with Crippen LogP contribution in [-0.4, -0.2) is 27.3 Å². The molecule has 7 nitrogen and oxygen atoms in total. The van der Waals surface area contributed by atoms with E-state index in [0.29, 0.717) is 35.6 Å². The van der Waals surface area contributed by atoms with Gasteiger partial charge in [-0.15, -0.1) is 0 Å². The first-order valence-electron chi connectivity index (χ1n) is 11.4. The van der Waals surface area contributed by atoms with Gasteiger partial charge < -0.3 is 21.7 Å². The molecule has 1 aliphatic rings. The molecule has 1 aromatic heterocycles. The maximum absolute atomic E-state index is 13.1. The highest BCUT2D eigenvalue weighted by Crippen LogP contribution is 2.32. The number of nitrogen functional groups attached to an aromatic ring is 1. The van der Waals surface area contributed by atoms with Crippen LogP contribution in [0.5, 0.6) is 0 Å². The highest BCUT2D eigenvalue weighted by molar-refractivity contribution is 6.28. The second-order valence-electron chi connectivity index (χ2n) is 8.26. The predicted molar refractivity (Wildman–Crippen MR) is 139 cm³/mol. The van der Waals surface area contributed by atoms with Gasteiger partial charge >= 0.3 is 6.18 Å². The summed E-state index contributed by atoms with van der Waals surface area (Å²) in [5.41, 5.74) is 11.9. The van der Waals surface area contributed by atoms with E-state index in [9.17, 15) is 18.0 Å². The van der Waals surface area contributed by atoms with Gasteiger partial charge in [-0.1, -0.05) is 47.1 Å². The summed E-state index contributed by atoms with van der Waals surface area (Å²) in [6.45, 7) is 6.86. The lowest BCUT2D eigenvalue weighted by Crippen LogP contribution is -2.39. The second kappa shape index (κ2) is 13.9. The van der Waals surface area contributed by atoms with Gasteiger partial charge in [0.1, 0.15) is 5.82 Å². The van der Waals surface area contributed by atoms with E-state index in [2.05, 4.69) is 29.1 Å².